The summed E-state index contributed by atoms with van der Waals surface area (Å²) in [5, 5.41) is 8.89. The topological polar surface area (TPSA) is 42.2 Å². The average molecular weight is 326 g/mol. The van der Waals surface area contributed by atoms with Gasteiger partial charge in [-0.2, -0.15) is 5.26 Å². The van der Waals surface area contributed by atoms with Crippen LogP contribution in [0, 0.1) is 17.1 Å². The molecule has 0 spiro atoms. The molecule has 1 aromatic carbocycles. The second-order valence-electron chi connectivity index (χ2n) is 5.55. The molecule has 2 rings (SSSR count). The molecule has 0 bridgehead atoms. The highest BCUT2D eigenvalue weighted by molar-refractivity contribution is 9.10. The lowest BCUT2D eigenvalue weighted by Gasteiger charge is -2.32. The average Bonchev–Trinajstić information content (AvgIpc) is 2.48. The van der Waals surface area contributed by atoms with E-state index in [1.54, 1.807) is 0 Å². The third-order valence-electron chi connectivity index (χ3n) is 3.71. The zero-order valence-corrected chi connectivity index (χ0v) is 12.8. The summed E-state index contributed by atoms with van der Waals surface area (Å²) in [5.74, 6) is -0.561. The van der Waals surface area contributed by atoms with Gasteiger partial charge >= 0.3 is 7.12 Å². The first-order valence-corrected chi connectivity index (χ1v) is 6.72. The van der Waals surface area contributed by atoms with Crippen molar-refractivity contribution < 1.29 is 13.7 Å². The Hall–Kier alpha value is -0.895. The van der Waals surface area contributed by atoms with Crippen LogP contribution in [0.15, 0.2) is 16.6 Å². The molecule has 1 aliphatic rings. The van der Waals surface area contributed by atoms with Crippen LogP contribution in [-0.2, 0) is 9.31 Å². The van der Waals surface area contributed by atoms with Crippen molar-refractivity contribution in [3.05, 3.63) is 28.0 Å². The highest BCUT2D eigenvalue weighted by Crippen LogP contribution is 2.37. The van der Waals surface area contributed by atoms with Gasteiger partial charge in [-0.3, -0.25) is 0 Å². The highest BCUT2D eigenvalue weighted by Gasteiger charge is 2.52. The SMILES string of the molecule is CC1(C)OB(c2cc(C#N)c(F)cc2Br)OC1(C)C. The first-order chi connectivity index (χ1) is 8.68. The maximum absolute atomic E-state index is 13.5. The van der Waals surface area contributed by atoms with Crippen molar-refractivity contribution in [3.8, 4) is 6.07 Å². The molecule has 0 unspecified atom stereocenters. The van der Waals surface area contributed by atoms with E-state index in [9.17, 15) is 4.39 Å². The Labute approximate surface area is 121 Å². The van der Waals surface area contributed by atoms with E-state index < -0.39 is 24.1 Å². The van der Waals surface area contributed by atoms with E-state index in [0.717, 1.165) is 0 Å². The lowest BCUT2D eigenvalue weighted by Crippen LogP contribution is -2.41. The van der Waals surface area contributed by atoms with Gasteiger partial charge in [-0.25, -0.2) is 4.39 Å². The monoisotopic (exact) mass is 325 g/mol. The molecule has 1 fully saturated rings. The molecular weight excluding hydrogens is 312 g/mol. The van der Waals surface area contributed by atoms with Gasteiger partial charge in [0, 0.05) is 4.47 Å². The molecule has 100 valence electrons. The molecule has 0 saturated carbocycles. The van der Waals surface area contributed by atoms with Gasteiger partial charge in [0.1, 0.15) is 11.9 Å². The number of hydrogen-bond acceptors (Lipinski definition) is 3. The summed E-state index contributed by atoms with van der Waals surface area (Å²) in [7, 11) is -0.618. The van der Waals surface area contributed by atoms with Crippen molar-refractivity contribution in [1.82, 2.24) is 0 Å². The second kappa shape index (κ2) is 4.59. The zero-order chi connectivity index (χ0) is 14.4. The smallest absolute Gasteiger partial charge is 0.399 e. The fraction of sp³-hybridized carbons (Fsp3) is 0.462. The lowest BCUT2D eigenvalue weighted by molar-refractivity contribution is 0.00578. The van der Waals surface area contributed by atoms with Crippen molar-refractivity contribution in [3.63, 3.8) is 0 Å². The normalized spacial score (nSPS) is 20.4. The maximum Gasteiger partial charge on any atom is 0.496 e. The molecule has 0 atom stereocenters. The summed E-state index contributed by atoms with van der Waals surface area (Å²) in [6.45, 7) is 7.76. The zero-order valence-electron chi connectivity index (χ0n) is 11.3. The van der Waals surface area contributed by atoms with Gasteiger partial charge in [0.2, 0.25) is 0 Å². The standard InChI is InChI=1S/C13H14BBrFNO2/c1-12(2)13(3,4)19-14(18-12)9-5-8(7-17)11(16)6-10(9)15/h5-6H,1-4H3. The molecule has 1 heterocycles. The molecule has 0 radical (unpaired) electrons. The van der Waals surface area contributed by atoms with Crippen molar-refractivity contribution in [2.45, 2.75) is 38.9 Å². The molecular formula is C13H14BBrFNO2. The van der Waals surface area contributed by atoms with Crippen LogP contribution in [0.2, 0.25) is 0 Å². The Morgan fingerprint density at radius 1 is 1.21 bits per heavy atom. The number of hydrogen-bond donors (Lipinski definition) is 0. The molecule has 3 nitrogen and oxygen atoms in total. The van der Waals surface area contributed by atoms with Gasteiger partial charge in [0.15, 0.2) is 0 Å². The number of halogens is 2. The van der Waals surface area contributed by atoms with Gasteiger partial charge in [-0.15, -0.1) is 0 Å². The number of rotatable bonds is 1. The van der Waals surface area contributed by atoms with Crippen LogP contribution in [0.25, 0.3) is 0 Å². The molecule has 0 aromatic heterocycles. The predicted molar refractivity (Wildman–Crippen MR) is 74.5 cm³/mol. The van der Waals surface area contributed by atoms with E-state index in [0.29, 0.717) is 9.94 Å². The molecule has 1 aromatic rings. The van der Waals surface area contributed by atoms with Crippen molar-refractivity contribution >= 4 is 28.5 Å². The van der Waals surface area contributed by atoms with Crippen LogP contribution in [0.5, 0.6) is 0 Å². The minimum absolute atomic E-state index is 0.0205. The Morgan fingerprint density at radius 3 is 2.21 bits per heavy atom. The Bertz CT molecular complexity index is 552. The lowest BCUT2D eigenvalue weighted by atomic mass is 9.78. The number of nitrogens with zero attached hydrogens (tertiary/aromatic N) is 1. The van der Waals surface area contributed by atoms with Gasteiger partial charge < -0.3 is 9.31 Å². The minimum Gasteiger partial charge on any atom is -0.399 e. The van der Waals surface area contributed by atoms with Crippen molar-refractivity contribution in [1.29, 1.82) is 5.26 Å². The number of nitriles is 1. The molecule has 0 amide bonds. The fourth-order valence-corrected chi connectivity index (χ4v) is 2.30. The van der Waals surface area contributed by atoms with Crippen LogP contribution in [0.1, 0.15) is 33.3 Å². The van der Waals surface area contributed by atoms with E-state index in [2.05, 4.69) is 15.9 Å². The van der Waals surface area contributed by atoms with Crippen LogP contribution >= 0.6 is 15.9 Å². The van der Waals surface area contributed by atoms with Crippen molar-refractivity contribution in [2.75, 3.05) is 0 Å². The quantitative estimate of drug-likeness (QED) is 0.746. The molecule has 6 heteroatoms. The third kappa shape index (κ3) is 2.43. The van der Waals surface area contributed by atoms with Crippen molar-refractivity contribution in [2.24, 2.45) is 0 Å². The summed E-state index contributed by atoms with van der Waals surface area (Å²) in [5.41, 5.74) is -0.346. The number of benzene rings is 1. The fourth-order valence-electron chi connectivity index (χ4n) is 1.80. The molecule has 1 saturated heterocycles. The summed E-state index contributed by atoms with van der Waals surface area (Å²) >= 11 is 3.29. The molecule has 19 heavy (non-hydrogen) atoms. The third-order valence-corrected chi connectivity index (χ3v) is 4.40. The first kappa shape index (κ1) is 14.5. The van der Waals surface area contributed by atoms with E-state index >= 15 is 0 Å². The van der Waals surface area contributed by atoms with E-state index in [1.807, 2.05) is 33.8 Å². The summed E-state index contributed by atoms with van der Waals surface area (Å²) in [6.07, 6.45) is 0. The first-order valence-electron chi connectivity index (χ1n) is 5.92. The largest absolute Gasteiger partial charge is 0.496 e. The van der Waals surface area contributed by atoms with Crippen LogP contribution in [-0.4, -0.2) is 18.3 Å². The predicted octanol–water partition coefficient (Wildman–Crippen LogP) is 2.76. The molecule has 0 N–H and O–H groups in total. The molecule has 1 aliphatic heterocycles. The second-order valence-corrected chi connectivity index (χ2v) is 6.41. The van der Waals surface area contributed by atoms with E-state index in [1.165, 1.54) is 12.1 Å². The highest BCUT2D eigenvalue weighted by atomic mass is 79.9. The summed E-state index contributed by atoms with van der Waals surface area (Å²) in [4.78, 5) is 0. The van der Waals surface area contributed by atoms with Gasteiger partial charge in [-0.1, -0.05) is 15.9 Å². The minimum atomic E-state index is -0.618. The van der Waals surface area contributed by atoms with Gasteiger partial charge in [0.25, 0.3) is 0 Å². The summed E-state index contributed by atoms with van der Waals surface area (Å²) in [6, 6.07) is 4.54. The molecule has 0 aliphatic carbocycles. The van der Waals surface area contributed by atoms with Gasteiger partial charge in [-0.05, 0) is 45.3 Å². The van der Waals surface area contributed by atoms with Crippen LogP contribution < -0.4 is 5.46 Å². The van der Waals surface area contributed by atoms with Gasteiger partial charge in [0.05, 0.1) is 16.8 Å². The van der Waals surface area contributed by atoms with E-state index in [-0.39, 0.29) is 5.56 Å². The summed E-state index contributed by atoms with van der Waals surface area (Å²) < 4.78 is 25.8. The Balaban J connectivity index is 2.43. The Kier molecular flexibility index (Phi) is 3.50. The van der Waals surface area contributed by atoms with E-state index in [4.69, 9.17) is 14.6 Å². The maximum atomic E-state index is 13.5. The Morgan fingerprint density at radius 2 is 1.74 bits per heavy atom. The van der Waals surface area contributed by atoms with Crippen LogP contribution in [0.4, 0.5) is 4.39 Å². The van der Waals surface area contributed by atoms with Crippen LogP contribution in [0.3, 0.4) is 0 Å².